The third-order valence-corrected chi connectivity index (χ3v) is 5.49. The van der Waals surface area contributed by atoms with Crippen molar-refractivity contribution in [1.82, 2.24) is 9.97 Å². The number of pyridine rings is 2. The Hall–Kier alpha value is -3.31. The van der Waals surface area contributed by atoms with Gasteiger partial charge in [-0.05, 0) is 24.6 Å². The van der Waals surface area contributed by atoms with Gasteiger partial charge in [-0.15, -0.1) is 0 Å². The summed E-state index contributed by atoms with van der Waals surface area (Å²) in [5.74, 6) is -5.40. The number of hydrogen-bond acceptors (Lipinski definition) is 5. The Bertz CT molecular complexity index is 1260. The van der Waals surface area contributed by atoms with Gasteiger partial charge in [-0.25, -0.2) is 17.6 Å². The van der Waals surface area contributed by atoms with E-state index in [0.717, 1.165) is 6.07 Å². The summed E-state index contributed by atoms with van der Waals surface area (Å²) in [4.78, 5) is 30.5. The summed E-state index contributed by atoms with van der Waals surface area (Å²) in [5, 5.41) is 0.0634. The predicted molar refractivity (Wildman–Crippen MR) is 109 cm³/mol. The summed E-state index contributed by atoms with van der Waals surface area (Å²) < 4.78 is 62.4. The molecule has 2 unspecified atom stereocenters. The van der Waals surface area contributed by atoms with Crippen molar-refractivity contribution in [3.63, 3.8) is 0 Å². The summed E-state index contributed by atoms with van der Waals surface area (Å²) in [6.07, 6.45) is -1.18. The molecule has 3 N–H and O–H groups in total. The number of hydrogen-bond donors (Lipinski definition) is 2. The van der Waals surface area contributed by atoms with Gasteiger partial charge in [-0.2, -0.15) is 0 Å². The molecule has 2 saturated heterocycles. The molecule has 0 saturated carbocycles. The average molecular weight is 465 g/mol. The molecular formula is C22H19F4N3O4. The van der Waals surface area contributed by atoms with Crippen LogP contribution in [0, 0.1) is 18.6 Å². The number of aromatic nitrogens is 2. The number of primary amides is 1. The van der Waals surface area contributed by atoms with E-state index in [1.54, 1.807) is 0 Å². The molecule has 4 heterocycles. The third kappa shape index (κ3) is 4.33. The number of fused-ring (bicyclic) bond motifs is 2. The maximum Gasteiger partial charge on any atom is 0.299 e. The van der Waals surface area contributed by atoms with Gasteiger partial charge in [0.15, 0.2) is 23.2 Å². The molecule has 2 aliphatic rings. The zero-order valence-corrected chi connectivity index (χ0v) is 17.3. The summed E-state index contributed by atoms with van der Waals surface area (Å²) in [7, 11) is 0. The highest BCUT2D eigenvalue weighted by atomic mass is 19.3. The molecular weight excluding hydrogens is 446 g/mol. The van der Waals surface area contributed by atoms with Crippen molar-refractivity contribution in [2.75, 3.05) is 6.61 Å². The Balaban J connectivity index is 0.000000243. The van der Waals surface area contributed by atoms with E-state index in [0.29, 0.717) is 16.8 Å². The standard InChI is InChI=1S/C15H13F2N3O4.C7H6F2/c16-15(17)5-23-10-4-9(24-13(10)15)7-3-8(21)11-6(20-7)1-2-19-12(11)14(18)22;1-5-3-2-4-6(8)7(5)9/h1-3,9-10,13H,4-5H2,(H2,18,22)(H,20,21);2-4H,1H3/t9-,10?,13?;/m1./s1. The van der Waals surface area contributed by atoms with Gasteiger partial charge in [0.1, 0.15) is 18.4 Å². The van der Waals surface area contributed by atoms with Crippen LogP contribution in [0.1, 0.15) is 34.3 Å². The van der Waals surface area contributed by atoms with Gasteiger partial charge in [0, 0.05) is 24.4 Å². The zero-order chi connectivity index (χ0) is 23.9. The third-order valence-electron chi connectivity index (χ3n) is 5.49. The quantitative estimate of drug-likeness (QED) is 0.566. The molecule has 0 aliphatic carbocycles. The highest BCUT2D eigenvalue weighted by molar-refractivity contribution is 6.03. The van der Waals surface area contributed by atoms with Crippen LogP contribution < -0.4 is 11.2 Å². The van der Waals surface area contributed by atoms with Crippen molar-refractivity contribution in [3.8, 4) is 0 Å². The SMILES string of the molecule is Cc1cccc(F)c1F.NC(=O)c1nccc2[nH]c([C@H]3CC4OCC(F)(F)C4O3)cc(=O)c12. The number of aryl methyl sites for hydroxylation is 1. The first-order chi connectivity index (χ1) is 15.6. The molecule has 0 bridgehead atoms. The van der Waals surface area contributed by atoms with E-state index >= 15 is 0 Å². The molecule has 7 nitrogen and oxygen atoms in total. The lowest BCUT2D eigenvalue weighted by atomic mass is 10.1. The van der Waals surface area contributed by atoms with E-state index in [1.165, 1.54) is 37.4 Å². The van der Waals surface area contributed by atoms with E-state index in [2.05, 4.69) is 9.97 Å². The number of halogens is 4. The van der Waals surface area contributed by atoms with Crippen molar-refractivity contribution in [3.05, 3.63) is 75.3 Å². The monoisotopic (exact) mass is 465 g/mol. The number of ether oxygens (including phenoxy) is 2. The first-order valence-corrected chi connectivity index (χ1v) is 9.95. The second-order valence-electron chi connectivity index (χ2n) is 7.80. The minimum Gasteiger partial charge on any atom is -0.369 e. The molecule has 0 radical (unpaired) electrons. The lowest BCUT2D eigenvalue weighted by Crippen LogP contribution is -2.34. The summed E-state index contributed by atoms with van der Waals surface area (Å²) in [6, 6.07) is 6.84. The summed E-state index contributed by atoms with van der Waals surface area (Å²) in [6.45, 7) is 0.870. The second kappa shape index (κ2) is 8.56. The van der Waals surface area contributed by atoms with Gasteiger partial charge in [0.25, 0.3) is 11.8 Å². The van der Waals surface area contributed by atoms with E-state index in [9.17, 15) is 27.2 Å². The van der Waals surface area contributed by atoms with Gasteiger partial charge in [0.05, 0.1) is 17.0 Å². The minimum atomic E-state index is -3.04. The second-order valence-corrected chi connectivity index (χ2v) is 7.80. The molecule has 174 valence electrons. The number of carbonyl (C=O) groups excluding carboxylic acids is 1. The largest absolute Gasteiger partial charge is 0.369 e. The number of amides is 1. The van der Waals surface area contributed by atoms with Crippen molar-refractivity contribution < 1.29 is 31.8 Å². The highest BCUT2D eigenvalue weighted by Crippen LogP contribution is 2.44. The fraction of sp³-hybridized carbons (Fsp3) is 0.318. The van der Waals surface area contributed by atoms with Crippen LogP contribution in [0.25, 0.3) is 10.9 Å². The first kappa shape index (κ1) is 22.9. The van der Waals surface area contributed by atoms with E-state index < -0.39 is 53.8 Å². The van der Waals surface area contributed by atoms with Crippen LogP contribution in [0.4, 0.5) is 17.6 Å². The number of nitrogens with zero attached hydrogens (tertiary/aromatic N) is 1. The lowest BCUT2D eigenvalue weighted by molar-refractivity contribution is -0.114. The number of alkyl halides is 2. The maximum atomic E-state index is 13.7. The highest BCUT2D eigenvalue weighted by Gasteiger charge is 2.57. The molecule has 3 aromatic rings. The van der Waals surface area contributed by atoms with Crippen molar-refractivity contribution in [2.24, 2.45) is 5.73 Å². The van der Waals surface area contributed by atoms with Crippen molar-refractivity contribution in [2.45, 2.75) is 37.6 Å². The molecule has 2 fully saturated rings. The molecule has 1 aromatic carbocycles. The predicted octanol–water partition coefficient (Wildman–Crippen LogP) is 3.16. The van der Waals surface area contributed by atoms with Gasteiger partial charge >= 0.3 is 0 Å². The average Bonchev–Trinajstić information content (AvgIpc) is 3.32. The van der Waals surface area contributed by atoms with Gasteiger partial charge in [0.2, 0.25) is 0 Å². The Kier molecular flexibility index (Phi) is 5.93. The smallest absolute Gasteiger partial charge is 0.299 e. The Morgan fingerprint density at radius 2 is 2.03 bits per heavy atom. The molecule has 2 aromatic heterocycles. The number of H-pyrrole nitrogens is 1. The Labute approximate surface area is 184 Å². The minimum absolute atomic E-state index is 0.0634. The van der Waals surface area contributed by atoms with Crippen LogP contribution in [0.2, 0.25) is 0 Å². The molecule has 0 spiro atoms. The van der Waals surface area contributed by atoms with Crippen LogP contribution in [-0.2, 0) is 9.47 Å². The summed E-state index contributed by atoms with van der Waals surface area (Å²) in [5.41, 5.74) is 5.64. The lowest BCUT2D eigenvalue weighted by Gasteiger charge is -2.18. The van der Waals surface area contributed by atoms with E-state index in [1.807, 2.05) is 0 Å². The Morgan fingerprint density at radius 1 is 1.27 bits per heavy atom. The van der Waals surface area contributed by atoms with Crippen LogP contribution in [0.3, 0.4) is 0 Å². The van der Waals surface area contributed by atoms with Gasteiger partial charge in [-0.3, -0.25) is 14.6 Å². The zero-order valence-electron chi connectivity index (χ0n) is 17.3. The molecule has 11 heteroatoms. The van der Waals surface area contributed by atoms with Crippen LogP contribution in [0.5, 0.6) is 0 Å². The maximum absolute atomic E-state index is 13.7. The normalized spacial score (nSPS) is 23.1. The van der Waals surface area contributed by atoms with Crippen LogP contribution >= 0.6 is 0 Å². The van der Waals surface area contributed by atoms with Gasteiger partial charge < -0.3 is 20.2 Å². The van der Waals surface area contributed by atoms with E-state index in [-0.39, 0.29) is 17.5 Å². The number of aromatic amines is 1. The Morgan fingerprint density at radius 3 is 2.67 bits per heavy atom. The van der Waals surface area contributed by atoms with Crippen molar-refractivity contribution in [1.29, 1.82) is 0 Å². The van der Waals surface area contributed by atoms with Crippen molar-refractivity contribution >= 4 is 16.8 Å². The molecule has 2 aliphatic heterocycles. The molecule has 5 rings (SSSR count). The number of carbonyl (C=O) groups is 1. The number of nitrogens with two attached hydrogens (primary N) is 1. The number of nitrogens with one attached hydrogen (secondary N) is 1. The summed E-state index contributed by atoms with van der Waals surface area (Å²) >= 11 is 0. The van der Waals surface area contributed by atoms with E-state index in [4.69, 9.17) is 15.2 Å². The fourth-order valence-corrected chi connectivity index (χ4v) is 3.87. The molecule has 33 heavy (non-hydrogen) atoms. The van der Waals surface area contributed by atoms with Crippen LogP contribution in [-0.4, -0.2) is 40.6 Å². The molecule has 3 atom stereocenters. The molecule has 1 amide bonds. The van der Waals surface area contributed by atoms with Crippen LogP contribution in [0.15, 0.2) is 41.3 Å². The topological polar surface area (TPSA) is 107 Å². The first-order valence-electron chi connectivity index (χ1n) is 9.95. The van der Waals surface area contributed by atoms with Gasteiger partial charge in [-0.1, -0.05) is 12.1 Å². The number of rotatable bonds is 2. The number of benzene rings is 1. The fourth-order valence-electron chi connectivity index (χ4n) is 3.87.